The Morgan fingerprint density at radius 2 is 1.70 bits per heavy atom. The number of aryl methyl sites for hydroxylation is 1. The number of halogens is 1. The number of hydrogen-bond acceptors (Lipinski definition) is 8. The molecule has 0 unspecified atom stereocenters. The molecule has 0 radical (unpaired) electrons. The molecule has 1 N–H and O–H groups in total. The van der Waals surface area contributed by atoms with Crippen molar-refractivity contribution in [2.45, 2.75) is 20.0 Å². The van der Waals surface area contributed by atoms with E-state index in [1.165, 1.54) is 17.7 Å². The Hall–Kier alpha value is -5.03. The van der Waals surface area contributed by atoms with Crippen molar-refractivity contribution in [2.75, 3.05) is 36.4 Å². The fraction of sp³-hybridized carbons (Fsp3) is 0.226. The molecule has 218 valence electrons. The van der Waals surface area contributed by atoms with Gasteiger partial charge in [0.05, 0.1) is 17.8 Å². The van der Waals surface area contributed by atoms with Crippen molar-refractivity contribution in [3.8, 4) is 0 Å². The van der Waals surface area contributed by atoms with Crippen molar-refractivity contribution < 1.29 is 9.72 Å². The number of benzene rings is 3. The molecule has 3 aromatic carbocycles. The standard InChI is InChI=1S/C31H29ClN8O3/c1-21-5-7-22(8-6-21)18-33-28-27-29(39(20-34-27)19-23-9-11-26(12-10-23)40(42)43)36-31(35-28)38-15-13-37(14-16-38)30(41)24-3-2-4-25(32)17-24/h2-12,17,20H,13-16,18-19H2,1H3,(H,33,35,36). The maximum atomic E-state index is 13.1. The predicted octanol–water partition coefficient (Wildman–Crippen LogP) is 5.32. The van der Waals surface area contributed by atoms with E-state index < -0.39 is 4.92 Å². The predicted molar refractivity (Wildman–Crippen MR) is 166 cm³/mol. The molecule has 1 amide bonds. The van der Waals surface area contributed by atoms with Gasteiger partial charge in [0.2, 0.25) is 5.95 Å². The number of fused-ring (bicyclic) bond motifs is 1. The third-order valence-corrected chi connectivity index (χ3v) is 7.69. The molecule has 1 aliphatic heterocycles. The number of non-ortho nitro benzene ring substituents is 1. The van der Waals surface area contributed by atoms with Crippen LogP contribution in [0.5, 0.6) is 0 Å². The van der Waals surface area contributed by atoms with Gasteiger partial charge in [0.25, 0.3) is 11.6 Å². The summed E-state index contributed by atoms with van der Waals surface area (Å²) in [4.78, 5) is 42.1. The van der Waals surface area contributed by atoms with Gasteiger partial charge in [-0.3, -0.25) is 14.9 Å². The number of amides is 1. The molecule has 1 saturated heterocycles. The molecule has 1 fully saturated rings. The molecule has 43 heavy (non-hydrogen) atoms. The first-order chi connectivity index (χ1) is 20.8. The van der Waals surface area contributed by atoms with Crippen LogP contribution in [0.3, 0.4) is 0 Å². The van der Waals surface area contributed by atoms with E-state index in [4.69, 9.17) is 21.6 Å². The van der Waals surface area contributed by atoms with Crippen molar-refractivity contribution in [1.82, 2.24) is 24.4 Å². The summed E-state index contributed by atoms with van der Waals surface area (Å²) in [5, 5.41) is 15.1. The third-order valence-electron chi connectivity index (χ3n) is 7.45. The number of hydrogen-bond donors (Lipinski definition) is 1. The van der Waals surface area contributed by atoms with E-state index >= 15 is 0 Å². The maximum absolute atomic E-state index is 13.1. The van der Waals surface area contributed by atoms with E-state index in [0.717, 1.165) is 11.1 Å². The molecule has 0 spiro atoms. The van der Waals surface area contributed by atoms with Gasteiger partial charge >= 0.3 is 0 Å². The van der Waals surface area contributed by atoms with Crippen molar-refractivity contribution in [3.63, 3.8) is 0 Å². The SMILES string of the molecule is Cc1ccc(CNc2nc(N3CCN(C(=O)c4cccc(Cl)c4)CC3)nc3c2ncn3Cc2ccc([N+](=O)[O-])cc2)cc1. The maximum Gasteiger partial charge on any atom is 0.269 e. The second kappa shape index (κ2) is 12.1. The number of carbonyl (C=O) groups is 1. The Kier molecular flexibility index (Phi) is 7.89. The number of piperazine rings is 1. The first kappa shape index (κ1) is 28.1. The zero-order valence-corrected chi connectivity index (χ0v) is 24.2. The largest absolute Gasteiger partial charge is 0.364 e. The highest BCUT2D eigenvalue weighted by atomic mass is 35.5. The number of imidazole rings is 1. The molecule has 2 aromatic heterocycles. The van der Waals surface area contributed by atoms with Crippen LogP contribution in [0.2, 0.25) is 5.02 Å². The highest BCUT2D eigenvalue weighted by molar-refractivity contribution is 6.30. The monoisotopic (exact) mass is 596 g/mol. The van der Waals surface area contributed by atoms with Gasteiger partial charge in [-0.05, 0) is 36.2 Å². The van der Waals surface area contributed by atoms with Crippen LogP contribution >= 0.6 is 11.6 Å². The van der Waals surface area contributed by atoms with Crippen LogP contribution in [0.1, 0.15) is 27.0 Å². The minimum Gasteiger partial charge on any atom is -0.364 e. The molecule has 6 rings (SSSR count). The van der Waals surface area contributed by atoms with Crippen LogP contribution in [-0.2, 0) is 13.1 Å². The van der Waals surface area contributed by atoms with Gasteiger partial charge in [-0.25, -0.2) is 4.98 Å². The number of rotatable bonds is 8. The molecule has 0 aliphatic carbocycles. The van der Waals surface area contributed by atoms with Crippen molar-refractivity contribution >= 4 is 46.1 Å². The number of nitrogens with zero attached hydrogens (tertiary/aromatic N) is 7. The van der Waals surface area contributed by atoms with E-state index in [-0.39, 0.29) is 11.6 Å². The Morgan fingerprint density at radius 1 is 0.977 bits per heavy atom. The summed E-state index contributed by atoms with van der Waals surface area (Å²) in [5.41, 5.74) is 5.06. The number of anilines is 2. The third kappa shape index (κ3) is 6.26. The van der Waals surface area contributed by atoms with Crippen LogP contribution in [0.25, 0.3) is 11.2 Å². The van der Waals surface area contributed by atoms with Gasteiger partial charge in [-0.2, -0.15) is 9.97 Å². The molecule has 0 atom stereocenters. The molecular weight excluding hydrogens is 568 g/mol. The summed E-state index contributed by atoms with van der Waals surface area (Å²) in [6, 6.07) is 21.7. The van der Waals surface area contributed by atoms with Gasteiger partial charge in [-0.1, -0.05) is 59.6 Å². The first-order valence-corrected chi connectivity index (χ1v) is 14.3. The van der Waals surface area contributed by atoms with Crippen LogP contribution in [0.4, 0.5) is 17.5 Å². The van der Waals surface area contributed by atoms with Crippen molar-refractivity contribution in [3.05, 3.63) is 117 Å². The second-order valence-corrected chi connectivity index (χ2v) is 10.9. The summed E-state index contributed by atoms with van der Waals surface area (Å²) in [5.74, 6) is 1.10. The molecule has 0 saturated carbocycles. The Morgan fingerprint density at radius 3 is 2.40 bits per heavy atom. The molecule has 5 aromatic rings. The lowest BCUT2D eigenvalue weighted by Crippen LogP contribution is -2.49. The molecule has 3 heterocycles. The zero-order valence-electron chi connectivity index (χ0n) is 23.5. The normalized spacial score (nSPS) is 13.3. The van der Waals surface area contributed by atoms with Crippen LogP contribution in [0.15, 0.2) is 79.1 Å². The molecule has 1 aliphatic rings. The average molecular weight is 597 g/mol. The number of nitro benzene ring substituents is 1. The lowest BCUT2D eigenvalue weighted by atomic mass is 10.1. The molecule has 12 heteroatoms. The number of carbonyl (C=O) groups excluding carboxylic acids is 1. The lowest BCUT2D eigenvalue weighted by Gasteiger charge is -2.35. The van der Waals surface area contributed by atoms with Gasteiger partial charge in [0.15, 0.2) is 17.0 Å². The van der Waals surface area contributed by atoms with Gasteiger partial charge in [0, 0.05) is 55.4 Å². The minimum atomic E-state index is -0.413. The Balaban J connectivity index is 1.27. The van der Waals surface area contributed by atoms with E-state index in [1.807, 2.05) is 9.47 Å². The van der Waals surface area contributed by atoms with Crippen LogP contribution in [0, 0.1) is 17.0 Å². The number of nitro groups is 1. The smallest absolute Gasteiger partial charge is 0.269 e. The topological polar surface area (TPSA) is 122 Å². The van der Waals surface area contributed by atoms with Crippen molar-refractivity contribution in [2.24, 2.45) is 0 Å². The van der Waals surface area contributed by atoms with Crippen molar-refractivity contribution in [1.29, 1.82) is 0 Å². The second-order valence-electron chi connectivity index (χ2n) is 10.5. The highest BCUT2D eigenvalue weighted by Gasteiger charge is 2.25. The van der Waals surface area contributed by atoms with Gasteiger partial charge in [0.1, 0.15) is 0 Å². The van der Waals surface area contributed by atoms with E-state index in [9.17, 15) is 14.9 Å². The molecular formula is C31H29ClN8O3. The van der Waals surface area contributed by atoms with Crippen LogP contribution in [-0.4, -0.2) is 61.4 Å². The lowest BCUT2D eigenvalue weighted by molar-refractivity contribution is -0.384. The Bertz CT molecular complexity index is 1780. The average Bonchev–Trinajstić information content (AvgIpc) is 3.43. The summed E-state index contributed by atoms with van der Waals surface area (Å²) in [6.45, 7) is 5.20. The fourth-order valence-corrected chi connectivity index (χ4v) is 5.23. The molecule has 0 bridgehead atoms. The first-order valence-electron chi connectivity index (χ1n) is 13.9. The summed E-state index contributed by atoms with van der Waals surface area (Å²) in [6.07, 6.45) is 1.71. The number of nitrogens with one attached hydrogen (secondary N) is 1. The van der Waals surface area contributed by atoms with E-state index in [1.54, 1.807) is 42.7 Å². The quantitative estimate of drug-likeness (QED) is 0.189. The molecule has 11 nitrogen and oxygen atoms in total. The van der Waals surface area contributed by atoms with E-state index in [0.29, 0.717) is 72.8 Å². The van der Waals surface area contributed by atoms with Gasteiger partial charge < -0.3 is 19.7 Å². The fourth-order valence-electron chi connectivity index (χ4n) is 5.04. The van der Waals surface area contributed by atoms with Gasteiger partial charge in [-0.15, -0.1) is 0 Å². The Labute approximate surface area is 252 Å². The highest BCUT2D eigenvalue weighted by Crippen LogP contribution is 2.25. The number of aromatic nitrogens is 4. The summed E-state index contributed by atoms with van der Waals surface area (Å²) in [7, 11) is 0. The van der Waals surface area contributed by atoms with E-state index in [2.05, 4.69) is 46.4 Å². The van der Waals surface area contributed by atoms with Crippen LogP contribution < -0.4 is 10.2 Å². The summed E-state index contributed by atoms with van der Waals surface area (Å²) >= 11 is 6.10. The minimum absolute atomic E-state index is 0.0411. The zero-order chi connectivity index (χ0) is 29.9. The summed E-state index contributed by atoms with van der Waals surface area (Å²) < 4.78 is 1.91.